The van der Waals surface area contributed by atoms with Crippen molar-refractivity contribution in [1.29, 1.82) is 0 Å². The van der Waals surface area contributed by atoms with Crippen LogP contribution in [0.2, 0.25) is 0 Å². The van der Waals surface area contributed by atoms with E-state index in [0.717, 1.165) is 35.5 Å². The second kappa shape index (κ2) is 5.15. The average Bonchev–Trinajstić information content (AvgIpc) is 2.27. The maximum absolute atomic E-state index is 6.63. The molecule has 2 unspecified atom stereocenters. The molecule has 4 saturated carbocycles. The van der Waals surface area contributed by atoms with Crippen LogP contribution in [-0.4, -0.2) is 6.04 Å². The summed E-state index contributed by atoms with van der Waals surface area (Å²) in [5.74, 6) is 5.91. The van der Waals surface area contributed by atoms with Crippen LogP contribution in [0.4, 0.5) is 0 Å². The molecular formula is C17H31N. The third-order valence-electron chi connectivity index (χ3n) is 6.25. The maximum atomic E-state index is 6.63. The van der Waals surface area contributed by atoms with Crippen molar-refractivity contribution in [3.63, 3.8) is 0 Å². The van der Waals surface area contributed by atoms with Crippen LogP contribution in [0.15, 0.2) is 0 Å². The number of hydrogen-bond donors (Lipinski definition) is 1. The topological polar surface area (TPSA) is 26.0 Å². The Morgan fingerprint density at radius 1 is 1.00 bits per heavy atom. The van der Waals surface area contributed by atoms with Crippen molar-refractivity contribution in [2.24, 2.45) is 41.2 Å². The van der Waals surface area contributed by atoms with Crippen molar-refractivity contribution in [2.75, 3.05) is 0 Å². The highest BCUT2D eigenvalue weighted by molar-refractivity contribution is 5.01. The summed E-state index contributed by atoms with van der Waals surface area (Å²) in [6.07, 6.45) is 11.6. The molecule has 0 heterocycles. The second-order valence-electron chi connectivity index (χ2n) is 7.80. The highest BCUT2D eigenvalue weighted by Gasteiger charge is 2.49. The van der Waals surface area contributed by atoms with Gasteiger partial charge < -0.3 is 5.73 Å². The molecule has 0 spiro atoms. The molecule has 0 amide bonds. The van der Waals surface area contributed by atoms with Crippen LogP contribution in [-0.2, 0) is 0 Å². The Bertz CT molecular complexity index is 257. The molecule has 2 N–H and O–H groups in total. The van der Waals surface area contributed by atoms with Gasteiger partial charge in [0, 0.05) is 6.04 Å². The summed E-state index contributed by atoms with van der Waals surface area (Å²) in [5, 5.41) is 0. The third kappa shape index (κ3) is 2.35. The summed E-state index contributed by atoms with van der Waals surface area (Å²) < 4.78 is 0. The molecule has 4 rings (SSSR count). The van der Waals surface area contributed by atoms with Gasteiger partial charge >= 0.3 is 0 Å². The van der Waals surface area contributed by atoms with Crippen LogP contribution in [0, 0.1) is 35.5 Å². The summed E-state index contributed by atoms with van der Waals surface area (Å²) >= 11 is 0. The van der Waals surface area contributed by atoms with Gasteiger partial charge in [0.05, 0.1) is 0 Å². The molecule has 0 aromatic heterocycles. The molecule has 4 bridgehead atoms. The predicted octanol–water partition coefficient (Wildman–Crippen LogP) is 4.21. The standard InChI is InChI=1S/C17H31N/c1-3-4-11(2)5-16(18)17-14-7-12-6-13(9-14)10-15(17)8-12/h11-17H,3-10,18H2,1-2H3. The van der Waals surface area contributed by atoms with Crippen molar-refractivity contribution >= 4 is 0 Å². The Kier molecular flexibility index (Phi) is 3.71. The minimum Gasteiger partial charge on any atom is -0.327 e. The molecule has 4 aliphatic carbocycles. The van der Waals surface area contributed by atoms with Crippen LogP contribution in [0.25, 0.3) is 0 Å². The summed E-state index contributed by atoms with van der Waals surface area (Å²) in [4.78, 5) is 0. The van der Waals surface area contributed by atoms with Gasteiger partial charge in [0.2, 0.25) is 0 Å². The highest BCUT2D eigenvalue weighted by atomic mass is 14.7. The van der Waals surface area contributed by atoms with Gasteiger partial charge in [-0.25, -0.2) is 0 Å². The largest absolute Gasteiger partial charge is 0.327 e. The normalized spacial score (nSPS) is 45.2. The van der Waals surface area contributed by atoms with Crippen LogP contribution in [0.3, 0.4) is 0 Å². The van der Waals surface area contributed by atoms with Crippen molar-refractivity contribution in [1.82, 2.24) is 0 Å². The van der Waals surface area contributed by atoms with Gasteiger partial charge in [-0.1, -0.05) is 26.7 Å². The fraction of sp³-hybridized carbons (Fsp3) is 1.00. The van der Waals surface area contributed by atoms with Crippen LogP contribution in [0.5, 0.6) is 0 Å². The lowest BCUT2D eigenvalue weighted by molar-refractivity contribution is -0.0491. The predicted molar refractivity (Wildman–Crippen MR) is 77.2 cm³/mol. The Balaban J connectivity index is 1.62. The molecule has 18 heavy (non-hydrogen) atoms. The van der Waals surface area contributed by atoms with Gasteiger partial charge in [-0.15, -0.1) is 0 Å². The zero-order valence-corrected chi connectivity index (χ0v) is 12.3. The molecule has 1 nitrogen and oxygen atoms in total. The van der Waals surface area contributed by atoms with E-state index in [1.165, 1.54) is 44.9 Å². The van der Waals surface area contributed by atoms with E-state index in [1.807, 2.05) is 0 Å². The van der Waals surface area contributed by atoms with E-state index >= 15 is 0 Å². The van der Waals surface area contributed by atoms with Crippen molar-refractivity contribution in [2.45, 2.75) is 71.3 Å². The molecular weight excluding hydrogens is 218 g/mol. The quantitative estimate of drug-likeness (QED) is 0.776. The smallest absolute Gasteiger partial charge is 0.00749 e. The van der Waals surface area contributed by atoms with Gasteiger partial charge in [-0.3, -0.25) is 0 Å². The van der Waals surface area contributed by atoms with Gasteiger partial charge in [0.1, 0.15) is 0 Å². The Morgan fingerprint density at radius 2 is 1.56 bits per heavy atom. The molecule has 104 valence electrons. The van der Waals surface area contributed by atoms with Gasteiger partial charge in [-0.05, 0) is 74.0 Å². The number of rotatable bonds is 5. The minimum absolute atomic E-state index is 0.501. The Labute approximate surface area is 113 Å². The van der Waals surface area contributed by atoms with E-state index in [0.29, 0.717) is 6.04 Å². The molecule has 0 radical (unpaired) electrons. The SMILES string of the molecule is CCCC(C)CC(N)C1C2CC3CC(C2)CC1C3. The van der Waals surface area contributed by atoms with Crippen LogP contribution in [0.1, 0.15) is 65.2 Å². The lowest BCUT2D eigenvalue weighted by atomic mass is 9.50. The van der Waals surface area contributed by atoms with E-state index in [4.69, 9.17) is 5.73 Å². The first-order valence-corrected chi connectivity index (χ1v) is 8.43. The van der Waals surface area contributed by atoms with Crippen molar-refractivity contribution in [3.8, 4) is 0 Å². The van der Waals surface area contributed by atoms with Crippen LogP contribution < -0.4 is 5.73 Å². The fourth-order valence-electron chi connectivity index (χ4n) is 5.90. The maximum Gasteiger partial charge on any atom is 0.00749 e. The number of nitrogens with two attached hydrogens (primary N) is 1. The fourth-order valence-corrected chi connectivity index (χ4v) is 5.90. The van der Waals surface area contributed by atoms with E-state index < -0.39 is 0 Å². The monoisotopic (exact) mass is 249 g/mol. The lowest BCUT2D eigenvalue weighted by Gasteiger charge is -2.56. The van der Waals surface area contributed by atoms with Gasteiger partial charge in [-0.2, -0.15) is 0 Å². The van der Waals surface area contributed by atoms with E-state index in [-0.39, 0.29) is 0 Å². The van der Waals surface area contributed by atoms with Gasteiger partial charge in [0.25, 0.3) is 0 Å². The first-order chi connectivity index (χ1) is 8.67. The number of hydrogen-bond acceptors (Lipinski definition) is 1. The molecule has 1 heteroatoms. The van der Waals surface area contributed by atoms with Crippen LogP contribution >= 0.6 is 0 Å². The first kappa shape index (κ1) is 13.0. The third-order valence-corrected chi connectivity index (χ3v) is 6.25. The second-order valence-corrected chi connectivity index (χ2v) is 7.80. The van der Waals surface area contributed by atoms with E-state index in [9.17, 15) is 0 Å². The molecule has 0 aromatic rings. The molecule has 0 aliphatic heterocycles. The molecule has 4 aliphatic rings. The summed E-state index contributed by atoms with van der Waals surface area (Å²) in [5.41, 5.74) is 6.63. The minimum atomic E-state index is 0.501. The zero-order valence-electron chi connectivity index (χ0n) is 12.3. The average molecular weight is 249 g/mol. The first-order valence-electron chi connectivity index (χ1n) is 8.43. The molecule has 2 atom stereocenters. The Morgan fingerprint density at radius 3 is 2.06 bits per heavy atom. The van der Waals surface area contributed by atoms with E-state index in [1.54, 1.807) is 6.42 Å². The molecule has 4 fully saturated rings. The van der Waals surface area contributed by atoms with E-state index in [2.05, 4.69) is 13.8 Å². The zero-order chi connectivity index (χ0) is 12.7. The lowest BCUT2D eigenvalue weighted by Crippen LogP contribution is -2.52. The van der Waals surface area contributed by atoms with Crippen molar-refractivity contribution in [3.05, 3.63) is 0 Å². The molecule has 0 saturated heterocycles. The van der Waals surface area contributed by atoms with Gasteiger partial charge in [0.15, 0.2) is 0 Å². The Hall–Kier alpha value is -0.0400. The van der Waals surface area contributed by atoms with Crippen molar-refractivity contribution < 1.29 is 0 Å². The summed E-state index contributed by atoms with van der Waals surface area (Å²) in [6, 6.07) is 0.501. The summed E-state index contributed by atoms with van der Waals surface area (Å²) in [6.45, 7) is 4.70. The summed E-state index contributed by atoms with van der Waals surface area (Å²) in [7, 11) is 0. The molecule has 0 aromatic carbocycles. The highest BCUT2D eigenvalue weighted by Crippen LogP contribution is 2.57.